The van der Waals surface area contributed by atoms with Gasteiger partial charge in [-0.2, -0.15) is 0 Å². The summed E-state index contributed by atoms with van der Waals surface area (Å²) in [5.41, 5.74) is 9.57. The van der Waals surface area contributed by atoms with E-state index < -0.39 is 0 Å². The maximum Gasteiger partial charge on any atom is 0.228 e. The van der Waals surface area contributed by atoms with Gasteiger partial charge in [0, 0.05) is 11.3 Å². The van der Waals surface area contributed by atoms with Crippen LogP contribution in [-0.4, -0.2) is 12.0 Å². The monoisotopic (exact) mass is 317 g/mol. The number of carbonyl (C=O) groups is 1. The summed E-state index contributed by atoms with van der Waals surface area (Å²) in [5, 5.41) is 3.07. The zero-order valence-corrected chi connectivity index (χ0v) is 13.8. The van der Waals surface area contributed by atoms with Crippen LogP contribution in [-0.2, 0) is 16.0 Å². The fraction of sp³-hybridized carbons (Fsp3) is 0.286. The Morgan fingerprint density at radius 3 is 2.62 bits per heavy atom. The van der Waals surface area contributed by atoms with E-state index in [-0.39, 0.29) is 12.0 Å². The topological polar surface area (TPSA) is 41.6 Å². The number of rotatable bonds is 1. The van der Waals surface area contributed by atoms with Crippen molar-refractivity contribution in [2.24, 2.45) is 0 Å². The summed E-state index contributed by atoms with van der Waals surface area (Å²) >= 11 is 0. The Hall–Kier alpha value is -2.39. The van der Waals surface area contributed by atoms with E-state index in [0.29, 0.717) is 12.5 Å². The minimum atomic E-state index is 0.0689. The Morgan fingerprint density at radius 2 is 1.83 bits per heavy atom. The SMILES string of the molecule is Cc1ccc2c(c1)C1=C(C2)c2cc(C3OC3C)ccc2NC(=O)C1. The fourth-order valence-electron chi connectivity index (χ4n) is 4.03. The van der Waals surface area contributed by atoms with Gasteiger partial charge in [-0.1, -0.05) is 29.8 Å². The summed E-state index contributed by atoms with van der Waals surface area (Å²) in [6.07, 6.45) is 1.84. The molecule has 3 heteroatoms. The van der Waals surface area contributed by atoms with Crippen molar-refractivity contribution in [1.29, 1.82) is 0 Å². The van der Waals surface area contributed by atoms with Gasteiger partial charge in [0.15, 0.2) is 0 Å². The van der Waals surface area contributed by atoms with E-state index >= 15 is 0 Å². The van der Waals surface area contributed by atoms with Gasteiger partial charge in [-0.25, -0.2) is 0 Å². The maximum absolute atomic E-state index is 12.4. The van der Waals surface area contributed by atoms with Crippen LogP contribution < -0.4 is 5.32 Å². The van der Waals surface area contributed by atoms with Crippen LogP contribution in [0.2, 0.25) is 0 Å². The predicted molar refractivity (Wildman–Crippen MR) is 94.7 cm³/mol. The molecule has 2 aromatic carbocycles. The molecule has 2 atom stereocenters. The van der Waals surface area contributed by atoms with Gasteiger partial charge in [-0.05, 0) is 60.2 Å². The molecule has 2 aliphatic heterocycles. The number of anilines is 1. The molecule has 0 spiro atoms. The third-order valence-electron chi connectivity index (χ3n) is 5.34. The zero-order valence-electron chi connectivity index (χ0n) is 13.8. The van der Waals surface area contributed by atoms with E-state index in [1.807, 2.05) is 6.07 Å². The first-order valence-corrected chi connectivity index (χ1v) is 8.52. The van der Waals surface area contributed by atoms with Gasteiger partial charge >= 0.3 is 0 Å². The van der Waals surface area contributed by atoms with Gasteiger partial charge in [-0.15, -0.1) is 0 Å². The fourth-order valence-corrected chi connectivity index (χ4v) is 4.03. The van der Waals surface area contributed by atoms with Gasteiger partial charge in [0.1, 0.15) is 6.10 Å². The number of aryl methyl sites for hydroxylation is 1. The molecule has 5 rings (SSSR count). The highest BCUT2D eigenvalue weighted by Crippen LogP contribution is 2.46. The second-order valence-corrected chi connectivity index (χ2v) is 7.09. The van der Waals surface area contributed by atoms with Crippen molar-refractivity contribution in [1.82, 2.24) is 0 Å². The molecule has 0 bridgehead atoms. The van der Waals surface area contributed by atoms with E-state index in [9.17, 15) is 4.79 Å². The third-order valence-corrected chi connectivity index (χ3v) is 5.34. The van der Waals surface area contributed by atoms with Crippen molar-refractivity contribution in [3.63, 3.8) is 0 Å². The van der Waals surface area contributed by atoms with E-state index in [4.69, 9.17) is 4.74 Å². The summed E-state index contributed by atoms with van der Waals surface area (Å²) < 4.78 is 5.63. The number of carbonyl (C=O) groups excluding carboxylic acids is 1. The summed E-state index contributed by atoms with van der Waals surface area (Å²) in [6.45, 7) is 4.20. The number of amides is 1. The van der Waals surface area contributed by atoms with Crippen LogP contribution in [0.5, 0.6) is 0 Å². The third kappa shape index (κ3) is 2.05. The number of benzene rings is 2. The van der Waals surface area contributed by atoms with E-state index in [2.05, 4.69) is 49.5 Å². The van der Waals surface area contributed by atoms with Crippen molar-refractivity contribution in [3.8, 4) is 0 Å². The number of epoxide rings is 1. The van der Waals surface area contributed by atoms with Gasteiger partial charge in [0.25, 0.3) is 0 Å². The van der Waals surface area contributed by atoms with Crippen molar-refractivity contribution >= 4 is 22.7 Å². The molecule has 3 aliphatic rings. The molecule has 24 heavy (non-hydrogen) atoms. The average molecular weight is 317 g/mol. The highest BCUT2D eigenvalue weighted by atomic mass is 16.6. The quantitative estimate of drug-likeness (QED) is 0.798. The Kier molecular flexibility index (Phi) is 2.80. The molecule has 2 unspecified atom stereocenters. The first kappa shape index (κ1) is 14.0. The first-order chi connectivity index (χ1) is 11.6. The van der Waals surface area contributed by atoms with Gasteiger partial charge in [-0.3, -0.25) is 4.79 Å². The van der Waals surface area contributed by atoms with Crippen LogP contribution in [0.1, 0.15) is 47.3 Å². The molecular formula is C21H19NO2. The lowest BCUT2D eigenvalue weighted by atomic mass is 9.95. The van der Waals surface area contributed by atoms with Crippen LogP contribution in [0, 0.1) is 6.92 Å². The molecule has 0 aromatic heterocycles. The Labute approximate surface area is 141 Å². The average Bonchev–Trinajstić information content (AvgIpc) is 3.22. The van der Waals surface area contributed by atoms with E-state index in [1.54, 1.807) is 0 Å². The molecule has 2 heterocycles. The Bertz CT molecular complexity index is 925. The molecule has 1 aliphatic carbocycles. The second kappa shape index (κ2) is 4.81. The van der Waals surface area contributed by atoms with Crippen molar-refractivity contribution in [3.05, 3.63) is 64.2 Å². The lowest BCUT2D eigenvalue weighted by molar-refractivity contribution is -0.115. The van der Waals surface area contributed by atoms with Gasteiger partial charge in [0.05, 0.1) is 12.5 Å². The maximum atomic E-state index is 12.4. The summed E-state index contributed by atoms with van der Waals surface area (Å²) in [4.78, 5) is 12.4. The van der Waals surface area contributed by atoms with E-state index in [1.165, 1.54) is 33.4 Å². The largest absolute Gasteiger partial charge is 0.365 e. The molecule has 1 saturated heterocycles. The normalized spacial score (nSPS) is 24.0. The van der Waals surface area contributed by atoms with Crippen molar-refractivity contribution < 1.29 is 9.53 Å². The second-order valence-electron chi connectivity index (χ2n) is 7.09. The van der Waals surface area contributed by atoms with Crippen LogP contribution >= 0.6 is 0 Å². The summed E-state index contributed by atoms with van der Waals surface area (Å²) in [7, 11) is 0. The van der Waals surface area contributed by atoms with Crippen molar-refractivity contribution in [2.45, 2.75) is 38.9 Å². The lowest BCUT2D eigenvalue weighted by Gasteiger charge is -2.11. The first-order valence-electron chi connectivity index (χ1n) is 8.52. The van der Waals surface area contributed by atoms with Crippen LogP contribution in [0.3, 0.4) is 0 Å². The molecule has 0 radical (unpaired) electrons. The summed E-state index contributed by atoms with van der Waals surface area (Å²) in [6, 6.07) is 12.9. The number of allylic oxidation sites excluding steroid dienone is 1. The molecule has 2 aromatic rings. The number of fused-ring (bicyclic) bond motifs is 4. The molecule has 120 valence electrons. The molecular weight excluding hydrogens is 298 g/mol. The Balaban J connectivity index is 1.69. The zero-order chi connectivity index (χ0) is 16.4. The van der Waals surface area contributed by atoms with Gasteiger partial charge < -0.3 is 10.1 Å². The number of hydrogen-bond donors (Lipinski definition) is 1. The lowest BCUT2D eigenvalue weighted by Crippen LogP contribution is -2.11. The molecule has 1 amide bonds. The minimum absolute atomic E-state index is 0.0689. The Morgan fingerprint density at radius 1 is 1.04 bits per heavy atom. The minimum Gasteiger partial charge on any atom is -0.365 e. The highest BCUT2D eigenvalue weighted by molar-refractivity contribution is 6.12. The van der Waals surface area contributed by atoms with Crippen LogP contribution in [0.15, 0.2) is 36.4 Å². The predicted octanol–water partition coefficient (Wildman–Crippen LogP) is 4.26. The number of nitrogens with one attached hydrogen (secondary N) is 1. The standard InChI is InChI=1S/C21H19NO2/c1-11-3-4-13-8-16-17(15(13)7-11)10-20(23)22-19-6-5-14(9-18(16)19)21-12(2)24-21/h3-7,9,12,21H,8,10H2,1-2H3,(H,22,23). The number of hydrogen-bond acceptors (Lipinski definition) is 2. The van der Waals surface area contributed by atoms with Crippen LogP contribution in [0.4, 0.5) is 5.69 Å². The number of ether oxygens (including phenoxy) is 1. The summed E-state index contributed by atoms with van der Waals surface area (Å²) in [5.74, 6) is 0.0689. The molecule has 3 nitrogen and oxygen atoms in total. The molecule has 1 N–H and O–H groups in total. The molecule has 1 fully saturated rings. The highest BCUT2D eigenvalue weighted by Gasteiger charge is 2.37. The van der Waals surface area contributed by atoms with Crippen molar-refractivity contribution in [2.75, 3.05) is 5.32 Å². The van der Waals surface area contributed by atoms with Gasteiger partial charge in [0.2, 0.25) is 5.91 Å². The van der Waals surface area contributed by atoms with E-state index in [0.717, 1.165) is 17.7 Å². The molecule has 0 saturated carbocycles. The van der Waals surface area contributed by atoms with Crippen LogP contribution in [0.25, 0.3) is 11.1 Å². The smallest absolute Gasteiger partial charge is 0.228 e.